The molecule has 0 saturated heterocycles. The lowest BCUT2D eigenvalue weighted by molar-refractivity contribution is -0.119. The molecule has 0 fully saturated rings. The molecule has 150 valence electrons. The number of rotatable bonds is 7. The number of nitrogens with one attached hydrogen (secondary N) is 1. The van der Waals surface area contributed by atoms with Crippen molar-refractivity contribution in [1.82, 2.24) is 15.5 Å². The maximum atomic E-state index is 12.3. The minimum atomic E-state index is -0.171. The molecule has 29 heavy (non-hydrogen) atoms. The highest BCUT2D eigenvalue weighted by molar-refractivity contribution is 7.99. The first-order valence-electron chi connectivity index (χ1n) is 8.92. The van der Waals surface area contributed by atoms with Crippen LogP contribution in [0.15, 0.2) is 52.1 Å². The molecule has 1 unspecified atom stereocenters. The van der Waals surface area contributed by atoms with Gasteiger partial charge in [0.2, 0.25) is 18.6 Å². The van der Waals surface area contributed by atoms with Crippen molar-refractivity contribution >= 4 is 17.7 Å². The molecular formula is C20H19N3O5S. The van der Waals surface area contributed by atoms with Gasteiger partial charge in [0.05, 0.1) is 18.9 Å². The second-order valence-electron chi connectivity index (χ2n) is 6.29. The Balaban J connectivity index is 1.31. The summed E-state index contributed by atoms with van der Waals surface area (Å²) < 4.78 is 21.4. The van der Waals surface area contributed by atoms with E-state index in [1.165, 1.54) is 11.8 Å². The summed E-state index contributed by atoms with van der Waals surface area (Å²) in [5, 5.41) is 11.3. The van der Waals surface area contributed by atoms with Gasteiger partial charge in [-0.05, 0) is 48.9 Å². The number of nitrogens with zero attached hydrogens (tertiary/aromatic N) is 2. The fraction of sp³-hybridized carbons (Fsp3) is 0.250. The average molecular weight is 413 g/mol. The summed E-state index contributed by atoms with van der Waals surface area (Å²) in [6, 6.07) is 12.8. The summed E-state index contributed by atoms with van der Waals surface area (Å²) in [4.78, 5) is 12.3. The summed E-state index contributed by atoms with van der Waals surface area (Å²) in [5.41, 5.74) is 1.72. The zero-order valence-corrected chi connectivity index (χ0v) is 16.7. The molecule has 2 heterocycles. The van der Waals surface area contributed by atoms with E-state index in [2.05, 4.69) is 15.5 Å². The smallest absolute Gasteiger partial charge is 0.277 e. The number of benzene rings is 2. The first-order valence-corrected chi connectivity index (χ1v) is 9.90. The second-order valence-corrected chi connectivity index (χ2v) is 7.22. The van der Waals surface area contributed by atoms with Gasteiger partial charge in [0.1, 0.15) is 5.75 Å². The van der Waals surface area contributed by atoms with Crippen molar-refractivity contribution in [2.45, 2.75) is 18.2 Å². The van der Waals surface area contributed by atoms with Crippen LogP contribution in [0.25, 0.3) is 11.5 Å². The number of carbonyl (C=O) groups excluding carboxylic acids is 1. The second kappa shape index (κ2) is 8.44. The molecule has 1 atom stereocenters. The van der Waals surface area contributed by atoms with Gasteiger partial charge in [0, 0.05) is 5.56 Å². The summed E-state index contributed by atoms with van der Waals surface area (Å²) >= 11 is 1.19. The summed E-state index contributed by atoms with van der Waals surface area (Å²) in [7, 11) is 1.61. The topological polar surface area (TPSA) is 95.7 Å². The van der Waals surface area contributed by atoms with Crippen LogP contribution in [-0.2, 0) is 4.79 Å². The molecule has 3 aromatic rings. The van der Waals surface area contributed by atoms with Crippen molar-refractivity contribution in [1.29, 1.82) is 0 Å². The van der Waals surface area contributed by atoms with Crippen LogP contribution >= 0.6 is 11.8 Å². The number of fused-ring (bicyclic) bond motifs is 1. The van der Waals surface area contributed by atoms with Crippen LogP contribution in [0.5, 0.6) is 17.2 Å². The Kier molecular flexibility index (Phi) is 5.57. The van der Waals surface area contributed by atoms with Crippen LogP contribution in [0.3, 0.4) is 0 Å². The van der Waals surface area contributed by atoms with Crippen molar-refractivity contribution in [2.75, 3.05) is 19.7 Å². The van der Waals surface area contributed by atoms with E-state index in [4.69, 9.17) is 18.6 Å². The maximum Gasteiger partial charge on any atom is 0.277 e. The molecule has 2 aromatic carbocycles. The molecule has 0 bridgehead atoms. The largest absolute Gasteiger partial charge is 0.497 e. The van der Waals surface area contributed by atoms with E-state index in [0.29, 0.717) is 22.6 Å². The molecule has 1 amide bonds. The molecular weight excluding hydrogens is 394 g/mol. The van der Waals surface area contributed by atoms with E-state index < -0.39 is 0 Å². The fourth-order valence-electron chi connectivity index (χ4n) is 2.79. The predicted octanol–water partition coefficient (Wildman–Crippen LogP) is 3.44. The third-order valence-corrected chi connectivity index (χ3v) is 5.16. The summed E-state index contributed by atoms with van der Waals surface area (Å²) in [5.74, 6) is 2.57. The third kappa shape index (κ3) is 4.45. The molecule has 0 radical (unpaired) electrons. The quantitative estimate of drug-likeness (QED) is 0.589. The van der Waals surface area contributed by atoms with Gasteiger partial charge in [-0.25, -0.2) is 0 Å². The lowest BCUT2D eigenvalue weighted by atomic mass is 10.1. The molecule has 0 aliphatic carbocycles. The van der Waals surface area contributed by atoms with Crippen LogP contribution in [0, 0.1) is 0 Å². The highest BCUT2D eigenvalue weighted by Crippen LogP contribution is 2.34. The molecule has 1 aliphatic rings. The fourth-order valence-corrected chi connectivity index (χ4v) is 3.37. The monoisotopic (exact) mass is 413 g/mol. The lowest BCUT2D eigenvalue weighted by Gasteiger charge is -2.14. The van der Waals surface area contributed by atoms with Crippen LogP contribution in [0.2, 0.25) is 0 Å². The van der Waals surface area contributed by atoms with Crippen molar-refractivity contribution in [2.24, 2.45) is 0 Å². The van der Waals surface area contributed by atoms with Gasteiger partial charge in [0.15, 0.2) is 11.5 Å². The van der Waals surface area contributed by atoms with Crippen molar-refractivity contribution < 1.29 is 23.4 Å². The molecule has 4 rings (SSSR count). The Bertz CT molecular complexity index is 1010. The highest BCUT2D eigenvalue weighted by atomic mass is 32.2. The van der Waals surface area contributed by atoms with Crippen molar-refractivity contribution in [3.05, 3.63) is 48.0 Å². The highest BCUT2D eigenvalue weighted by Gasteiger charge is 2.17. The van der Waals surface area contributed by atoms with Crippen LogP contribution in [-0.4, -0.2) is 35.8 Å². The van der Waals surface area contributed by atoms with Crippen LogP contribution < -0.4 is 19.5 Å². The average Bonchev–Trinajstić information content (AvgIpc) is 3.41. The van der Waals surface area contributed by atoms with Crippen LogP contribution in [0.1, 0.15) is 18.5 Å². The minimum absolute atomic E-state index is 0.135. The Labute approximate surface area is 171 Å². The molecule has 8 nitrogen and oxygen atoms in total. The molecule has 1 N–H and O–H groups in total. The number of methoxy groups -OCH3 is 1. The molecule has 0 spiro atoms. The number of aromatic nitrogens is 2. The molecule has 0 saturated carbocycles. The Morgan fingerprint density at radius 1 is 1.17 bits per heavy atom. The number of hydrogen-bond acceptors (Lipinski definition) is 8. The number of thioether (sulfide) groups is 1. The Hall–Kier alpha value is -3.20. The third-order valence-electron chi connectivity index (χ3n) is 4.34. The van der Waals surface area contributed by atoms with E-state index in [-0.39, 0.29) is 24.5 Å². The Morgan fingerprint density at radius 3 is 2.76 bits per heavy atom. The van der Waals surface area contributed by atoms with E-state index >= 15 is 0 Å². The molecule has 9 heteroatoms. The van der Waals surface area contributed by atoms with Crippen molar-refractivity contribution in [3.8, 4) is 28.7 Å². The number of ether oxygens (including phenoxy) is 3. The summed E-state index contributed by atoms with van der Waals surface area (Å²) in [6.07, 6.45) is 0. The number of carbonyl (C=O) groups is 1. The zero-order chi connectivity index (χ0) is 20.2. The number of hydrogen-bond donors (Lipinski definition) is 1. The molecule has 1 aliphatic heterocycles. The van der Waals surface area contributed by atoms with E-state index in [1.807, 2.05) is 49.4 Å². The summed E-state index contributed by atoms with van der Waals surface area (Å²) in [6.45, 7) is 2.13. The van der Waals surface area contributed by atoms with E-state index in [1.54, 1.807) is 7.11 Å². The minimum Gasteiger partial charge on any atom is -0.497 e. The number of amides is 1. The SMILES string of the molecule is COc1ccc(-c2nnc(SCC(=O)NC(C)c3ccc4c(c3)OCO4)o2)cc1. The van der Waals surface area contributed by atoms with Crippen LogP contribution in [0.4, 0.5) is 0 Å². The van der Waals surface area contributed by atoms with Gasteiger partial charge < -0.3 is 23.9 Å². The first-order chi connectivity index (χ1) is 14.1. The lowest BCUT2D eigenvalue weighted by Crippen LogP contribution is -2.28. The van der Waals surface area contributed by atoms with Gasteiger partial charge in [-0.15, -0.1) is 10.2 Å². The van der Waals surface area contributed by atoms with Crippen molar-refractivity contribution in [3.63, 3.8) is 0 Å². The standard InChI is InChI=1S/C20H19N3O5S/c1-12(14-5-8-16-17(9-14)27-11-26-16)21-18(24)10-29-20-23-22-19(28-20)13-3-6-15(25-2)7-4-13/h3-9,12H,10-11H2,1-2H3,(H,21,24). The van der Waals surface area contributed by atoms with Gasteiger partial charge in [-0.3, -0.25) is 4.79 Å². The van der Waals surface area contributed by atoms with Gasteiger partial charge in [0.25, 0.3) is 5.22 Å². The van der Waals surface area contributed by atoms with Gasteiger partial charge in [-0.2, -0.15) is 0 Å². The molecule has 1 aromatic heterocycles. The maximum absolute atomic E-state index is 12.3. The zero-order valence-electron chi connectivity index (χ0n) is 15.9. The predicted molar refractivity (Wildman–Crippen MR) is 106 cm³/mol. The Morgan fingerprint density at radius 2 is 1.97 bits per heavy atom. The van der Waals surface area contributed by atoms with Gasteiger partial charge >= 0.3 is 0 Å². The van der Waals surface area contributed by atoms with E-state index in [0.717, 1.165) is 16.9 Å². The normalized spacial score (nSPS) is 13.2. The first kappa shape index (κ1) is 19.1. The van der Waals surface area contributed by atoms with E-state index in [9.17, 15) is 4.79 Å². The van der Waals surface area contributed by atoms with Gasteiger partial charge in [-0.1, -0.05) is 17.8 Å².